The smallest absolute Gasteiger partial charge is 0.316 e. The van der Waals surface area contributed by atoms with Crippen LogP contribution < -0.4 is 16.1 Å². The molecule has 1 saturated carbocycles. The Morgan fingerprint density at radius 3 is 2.42 bits per heavy atom. The molecule has 3 aliphatic rings. The molecule has 1 aliphatic carbocycles. The van der Waals surface area contributed by atoms with Gasteiger partial charge in [0, 0.05) is 11.9 Å². The minimum absolute atomic E-state index is 0.261. The summed E-state index contributed by atoms with van der Waals surface area (Å²) in [5.41, 5.74) is 3.28. The number of nitrogens with zero attached hydrogens (tertiary/aromatic N) is 2. The van der Waals surface area contributed by atoms with Crippen LogP contribution >= 0.6 is 0 Å². The van der Waals surface area contributed by atoms with Crippen molar-refractivity contribution in [3.63, 3.8) is 0 Å². The molecule has 1 spiro atoms. The molecule has 2 aromatic rings. The average Bonchev–Trinajstić information content (AvgIpc) is 3.01. The van der Waals surface area contributed by atoms with Crippen LogP contribution in [0.2, 0.25) is 0 Å². The Balaban J connectivity index is 1.55. The van der Waals surface area contributed by atoms with E-state index in [1.54, 1.807) is 27.7 Å². The van der Waals surface area contributed by atoms with E-state index in [-0.39, 0.29) is 11.8 Å². The van der Waals surface area contributed by atoms with Crippen LogP contribution in [0, 0.1) is 11.3 Å². The number of aliphatic hydroxyl groups excluding tert-OH is 1. The molecule has 1 aromatic carbocycles. The third-order valence-electron chi connectivity index (χ3n) is 9.41. The summed E-state index contributed by atoms with van der Waals surface area (Å²) < 4.78 is 5.95. The number of hydrogen-bond donors (Lipinski definition) is 4. The molecule has 3 heterocycles. The SMILES string of the molecule is CC1NC(=O)C(C(C)C)OC(=O)C2(C=Cc3ccc4ccc(nc4c3)C(C)NC(=O)C3(C)CCCN(N3)C1=O)CCC(O)CC2. The molecule has 5 rings (SSSR count). The summed E-state index contributed by atoms with van der Waals surface area (Å²) in [6, 6.07) is 8.34. The predicted molar refractivity (Wildman–Crippen MR) is 169 cm³/mol. The van der Waals surface area contributed by atoms with Crippen LogP contribution in [0.4, 0.5) is 0 Å². The number of amides is 3. The lowest BCUT2D eigenvalue weighted by Gasteiger charge is -2.41. The lowest BCUT2D eigenvalue weighted by molar-refractivity contribution is -0.168. The normalized spacial score (nSPS) is 32.0. The first-order chi connectivity index (χ1) is 21.3. The van der Waals surface area contributed by atoms with Crippen molar-refractivity contribution in [3.8, 4) is 0 Å². The monoisotopic (exact) mass is 619 g/mol. The molecule has 4 unspecified atom stereocenters. The number of esters is 1. The van der Waals surface area contributed by atoms with Crippen molar-refractivity contribution < 1.29 is 29.0 Å². The van der Waals surface area contributed by atoms with E-state index in [4.69, 9.17) is 9.72 Å². The van der Waals surface area contributed by atoms with E-state index in [0.717, 1.165) is 16.5 Å². The summed E-state index contributed by atoms with van der Waals surface area (Å²) in [5, 5.41) is 18.4. The number of cyclic esters (lactones) is 1. The van der Waals surface area contributed by atoms with Gasteiger partial charge in [0.15, 0.2) is 6.10 Å². The van der Waals surface area contributed by atoms with E-state index in [1.807, 2.05) is 49.4 Å². The number of nitrogens with one attached hydrogen (secondary N) is 3. The zero-order valence-corrected chi connectivity index (χ0v) is 26.8. The van der Waals surface area contributed by atoms with Gasteiger partial charge < -0.3 is 20.5 Å². The van der Waals surface area contributed by atoms with Crippen LogP contribution in [0.15, 0.2) is 36.4 Å². The molecule has 1 aromatic heterocycles. The molecule has 1 saturated heterocycles. The zero-order valence-electron chi connectivity index (χ0n) is 26.8. The molecule has 4 N–H and O–H groups in total. The van der Waals surface area contributed by atoms with Gasteiger partial charge in [-0.25, -0.2) is 5.43 Å². The van der Waals surface area contributed by atoms with Crippen molar-refractivity contribution in [2.75, 3.05) is 6.54 Å². The van der Waals surface area contributed by atoms with Gasteiger partial charge in [-0.1, -0.05) is 44.2 Å². The maximum atomic E-state index is 13.9. The second kappa shape index (κ2) is 12.9. The van der Waals surface area contributed by atoms with Gasteiger partial charge in [-0.05, 0) is 82.9 Å². The number of pyridine rings is 1. The summed E-state index contributed by atoms with van der Waals surface area (Å²) in [6.45, 7) is 9.14. The first-order valence-electron chi connectivity index (χ1n) is 16.0. The highest BCUT2D eigenvalue weighted by molar-refractivity contribution is 5.92. The highest BCUT2D eigenvalue weighted by Gasteiger charge is 2.44. The summed E-state index contributed by atoms with van der Waals surface area (Å²) in [5.74, 6) is -2.12. The Hall–Kier alpha value is -3.83. The van der Waals surface area contributed by atoms with Gasteiger partial charge in [-0.2, -0.15) is 0 Å². The molecular weight excluding hydrogens is 574 g/mol. The molecule has 45 heavy (non-hydrogen) atoms. The molecule has 5 bridgehead atoms. The number of carbonyl (C=O) groups is 4. The number of carbonyl (C=O) groups excluding carboxylic acids is 4. The standard InChI is InChI=1S/C34H45N5O6/c1-20(2)28-29(41)35-22(4)30(42)39-18-6-14-33(5,38-39)31(43)36-21(3)26-10-9-24-8-7-23(19-27(24)37-26)11-15-34(32(44)45-28)16-12-25(40)13-17-34/h7-11,15,19-22,25,28,38,40H,6,12-14,16-18H2,1-5H3,(H,35,41)(H,36,43). The van der Waals surface area contributed by atoms with Crippen molar-refractivity contribution in [3.05, 3.63) is 47.7 Å². The quantitative estimate of drug-likeness (QED) is 0.355. The first kappa shape index (κ1) is 32.6. The van der Waals surface area contributed by atoms with Crippen molar-refractivity contribution >= 4 is 40.7 Å². The summed E-state index contributed by atoms with van der Waals surface area (Å²) in [4.78, 5) is 59.3. The predicted octanol–water partition coefficient (Wildman–Crippen LogP) is 3.32. The Morgan fingerprint density at radius 1 is 1.00 bits per heavy atom. The maximum Gasteiger partial charge on any atom is 0.316 e. The fraction of sp³-hybridized carbons (Fsp3) is 0.559. The van der Waals surface area contributed by atoms with Gasteiger partial charge in [0.05, 0.1) is 28.8 Å². The van der Waals surface area contributed by atoms with E-state index in [1.165, 1.54) is 5.01 Å². The van der Waals surface area contributed by atoms with Gasteiger partial charge in [-0.15, -0.1) is 0 Å². The number of hydrogen-bond acceptors (Lipinski definition) is 8. The van der Waals surface area contributed by atoms with Crippen molar-refractivity contribution in [2.45, 2.75) is 103 Å². The van der Waals surface area contributed by atoms with Crippen LogP contribution in [0.25, 0.3) is 17.0 Å². The highest BCUT2D eigenvalue weighted by Crippen LogP contribution is 2.40. The van der Waals surface area contributed by atoms with Gasteiger partial charge in [0.1, 0.15) is 11.6 Å². The third kappa shape index (κ3) is 6.89. The van der Waals surface area contributed by atoms with Crippen molar-refractivity contribution in [1.29, 1.82) is 0 Å². The minimum atomic E-state index is -1.13. The third-order valence-corrected chi connectivity index (χ3v) is 9.41. The topological polar surface area (TPSA) is 150 Å². The molecule has 3 amide bonds. The summed E-state index contributed by atoms with van der Waals surface area (Å²) in [7, 11) is 0. The van der Waals surface area contributed by atoms with Gasteiger partial charge in [0.25, 0.3) is 11.8 Å². The number of fused-ring (bicyclic) bond motifs is 4. The summed E-state index contributed by atoms with van der Waals surface area (Å²) in [6.07, 6.45) is 4.77. The fourth-order valence-corrected chi connectivity index (χ4v) is 6.38. The van der Waals surface area contributed by atoms with Crippen LogP contribution in [0.3, 0.4) is 0 Å². The maximum absolute atomic E-state index is 13.9. The van der Waals surface area contributed by atoms with E-state index in [0.29, 0.717) is 50.8 Å². The minimum Gasteiger partial charge on any atom is -0.451 e. The summed E-state index contributed by atoms with van der Waals surface area (Å²) >= 11 is 0. The van der Waals surface area contributed by atoms with E-state index in [9.17, 15) is 24.3 Å². The van der Waals surface area contributed by atoms with Gasteiger partial charge >= 0.3 is 5.97 Å². The van der Waals surface area contributed by atoms with Crippen molar-refractivity contribution in [2.24, 2.45) is 11.3 Å². The molecule has 242 valence electrons. The Kier molecular flexibility index (Phi) is 9.32. The van der Waals surface area contributed by atoms with E-state index >= 15 is 0 Å². The van der Waals surface area contributed by atoms with Gasteiger partial charge in [-0.3, -0.25) is 29.2 Å². The number of benzene rings is 1. The molecular formula is C34H45N5O6. The molecule has 2 fully saturated rings. The molecule has 2 aliphatic heterocycles. The van der Waals surface area contributed by atoms with Crippen LogP contribution in [-0.2, 0) is 23.9 Å². The number of rotatable bonds is 1. The molecule has 0 radical (unpaired) electrons. The van der Waals surface area contributed by atoms with E-state index in [2.05, 4.69) is 16.1 Å². The molecule has 11 heteroatoms. The second-order valence-electron chi connectivity index (χ2n) is 13.4. The van der Waals surface area contributed by atoms with E-state index < -0.39 is 53.0 Å². The largest absolute Gasteiger partial charge is 0.451 e. The highest BCUT2D eigenvalue weighted by atomic mass is 16.5. The Morgan fingerprint density at radius 2 is 1.71 bits per heavy atom. The van der Waals surface area contributed by atoms with Gasteiger partial charge in [0.2, 0.25) is 5.91 Å². The van der Waals surface area contributed by atoms with Crippen molar-refractivity contribution in [1.82, 2.24) is 26.1 Å². The lowest BCUT2D eigenvalue weighted by atomic mass is 9.72. The number of aliphatic hydroxyl groups is 1. The van der Waals surface area contributed by atoms with Crippen LogP contribution in [0.5, 0.6) is 0 Å². The first-order valence-corrected chi connectivity index (χ1v) is 16.0. The molecule has 4 atom stereocenters. The lowest BCUT2D eigenvalue weighted by Crippen LogP contribution is -2.67. The second-order valence-corrected chi connectivity index (χ2v) is 13.4. The molecule has 11 nitrogen and oxygen atoms in total. The fourth-order valence-electron chi connectivity index (χ4n) is 6.38. The number of ether oxygens (including phenoxy) is 1. The zero-order chi connectivity index (χ0) is 32.5. The van der Waals surface area contributed by atoms with Crippen LogP contribution in [-0.4, -0.2) is 69.1 Å². The Bertz CT molecular complexity index is 1500. The average molecular weight is 620 g/mol. The van der Waals surface area contributed by atoms with Crippen LogP contribution in [0.1, 0.15) is 90.4 Å². The number of hydrazine groups is 1. The Labute approximate surface area is 264 Å². The number of aromatic nitrogens is 1.